The van der Waals surface area contributed by atoms with Gasteiger partial charge in [-0.3, -0.25) is 4.79 Å². The number of anilines is 1. The molecule has 0 spiro atoms. The molecular formula is C21H16N2O3S. The minimum absolute atomic E-state index is 0.0889. The maximum Gasteiger partial charge on any atom is 0.348 e. The van der Waals surface area contributed by atoms with Gasteiger partial charge in [-0.15, -0.1) is 11.3 Å². The molecule has 0 saturated carbocycles. The molecule has 2 aromatic carbocycles. The minimum atomic E-state index is -0.359. The van der Waals surface area contributed by atoms with Crippen LogP contribution >= 0.6 is 11.3 Å². The van der Waals surface area contributed by atoms with E-state index in [1.54, 1.807) is 36.4 Å². The first-order valence-electron chi connectivity index (χ1n) is 8.38. The van der Waals surface area contributed by atoms with Gasteiger partial charge in [0.05, 0.1) is 5.39 Å². The van der Waals surface area contributed by atoms with Gasteiger partial charge in [0.2, 0.25) is 5.89 Å². The van der Waals surface area contributed by atoms with Crippen LogP contribution in [0.1, 0.15) is 32.9 Å². The largest absolute Gasteiger partial charge is 0.407 e. The predicted molar refractivity (Wildman–Crippen MR) is 106 cm³/mol. The summed E-state index contributed by atoms with van der Waals surface area (Å²) in [4.78, 5) is 29.8. The van der Waals surface area contributed by atoms with Crippen LogP contribution in [-0.4, -0.2) is 10.8 Å². The van der Waals surface area contributed by atoms with Gasteiger partial charge in [-0.25, -0.2) is 9.78 Å². The standard InChI is InChI=1S/C21H16N2O3S/c1-12-11-27-20-18(12)21(25)26-17(23-20)9-13-5-7-14(8-6-13)19(24)15-3-2-4-16(22)10-15/h2-8,10-11H,9,22H2,1H3. The Morgan fingerprint density at radius 3 is 2.67 bits per heavy atom. The first kappa shape index (κ1) is 17.2. The molecule has 4 rings (SSSR count). The second kappa shape index (κ2) is 6.81. The number of thiophene rings is 1. The maximum atomic E-state index is 12.5. The fourth-order valence-electron chi connectivity index (χ4n) is 2.93. The average molecular weight is 376 g/mol. The fraction of sp³-hybridized carbons (Fsp3) is 0.0952. The minimum Gasteiger partial charge on any atom is -0.407 e. The van der Waals surface area contributed by atoms with E-state index < -0.39 is 0 Å². The van der Waals surface area contributed by atoms with E-state index >= 15 is 0 Å². The molecule has 5 nitrogen and oxygen atoms in total. The quantitative estimate of drug-likeness (QED) is 0.430. The normalized spacial score (nSPS) is 11.0. The molecule has 0 saturated heterocycles. The SMILES string of the molecule is Cc1csc2nc(Cc3ccc(C(=O)c4cccc(N)c4)cc3)oc(=O)c12. The molecular weight excluding hydrogens is 360 g/mol. The fourth-order valence-corrected chi connectivity index (χ4v) is 3.85. The number of nitrogens with two attached hydrogens (primary N) is 1. The van der Waals surface area contributed by atoms with Crippen molar-refractivity contribution in [2.24, 2.45) is 0 Å². The molecule has 0 bridgehead atoms. The number of benzene rings is 2. The van der Waals surface area contributed by atoms with E-state index in [0.717, 1.165) is 11.1 Å². The van der Waals surface area contributed by atoms with E-state index in [1.165, 1.54) is 11.3 Å². The molecule has 6 heteroatoms. The number of rotatable bonds is 4. The summed E-state index contributed by atoms with van der Waals surface area (Å²) >= 11 is 1.43. The highest BCUT2D eigenvalue weighted by molar-refractivity contribution is 7.16. The first-order valence-corrected chi connectivity index (χ1v) is 9.26. The van der Waals surface area contributed by atoms with Gasteiger partial charge in [0.1, 0.15) is 4.83 Å². The number of aromatic nitrogens is 1. The summed E-state index contributed by atoms with van der Waals surface area (Å²) in [7, 11) is 0. The van der Waals surface area contributed by atoms with Gasteiger partial charge in [0.25, 0.3) is 0 Å². The molecule has 2 heterocycles. The van der Waals surface area contributed by atoms with Crippen LogP contribution in [0, 0.1) is 6.92 Å². The van der Waals surface area contributed by atoms with Crippen molar-refractivity contribution in [1.29, 1.82) is 0 Å². The highest BCUT2D eigenvalue weighted by Crippen LogP contribution is 2.21. The summed E-state index contributed by atoms with van der Waals surface area (Å²) in [5, 5.41) is 2.45. The number of aryl methyl sites for hydroxylation is 1. The molecule has 0 fully saturated rings. The highest BCUT2D eigenvalue weighted by atomic mass is 32.1. The number of nitrogens with zero attached hydrogens (tertiary/aromatic N) is 1. The lowest BCUT2D eigenvalue weighted by atomic mass is 10.0. The number of hydrogen-bond donors (Lipinski definition) is 1. The molecule has 0 amide bonds. The number of nitrogen functional groups attached to an aromatic ring is 1. The molecule has 2 aromatic heterocycles. The molecule has 4 aromatic rings. The first-order chi connectivity index (χ1) is 13.0. The number of ketones is 1. The number of fused-ring (bicyclic) bond motifs is 1. The van der Waals surface area contributed by atoms with Crippen molar-refractivity contribution in [3.8, 4) is 0 Å². The van der Waals surface area contributed by atoms with Gasteiger partial charge in [-0.2, -0.15) is 0 Å². The topological polar surface area (TPSA) is 86.2 Å². The van der Waals surface area contributed by atoms with E-state index in [9.17, 15) is 9.59 Å². The monoisotopic (exact) mass is 376 g/mol. The highest BCUT2D eigenvalue weighted by Gasteiger charge is 2.12. The van der Waals surface area contributed by atoms with Crippen molar-refractivity contribution in [1.82, 2.24) is 4.98 Å². The Bertz CT molecular complexity index is 1210. The van der Waals surface area contributed by atoms with Crippen LogP contribution in [0.2, 0.25) is 0 Å². The third-order valence-electron chi connectivity index (χ3n) is 4.32. The predicted octanol–water partition coefficient (Wildman–Crippen LogP) is 3.96. The average Bonchev–Trinajstić information content (AvgIpc) is 3.03. The van der Waals surface area contributed by atoms with Crippen LogP contribution in [0.5, 0.6) is 0 Å². The van der Waals surface area contributed by atoms with E-state index in [0.29, 0.717) is 39.3 Å². The van der Waals surface area contributed by atoms with Crippen LogP contribution in [0.25, 0.3) is 10.2 Å². The summed E-state index contributed by atoms with van der Waals surface area (Å²) < 4.78 is 5.35. The summed E-state index contributed by atoms with van der Waals surface area (Å²) in [5.41, 5.74) is 8.85. The van der Waals surface area contributed by atoms with E-state index in [1.807, 2.05) is 24.4 Å². The third-order valence-corrected chi connectivity index (χ3v) is 5.31. The Balaban J connectivity index is 1.58. The number of carbonyl (C=O) groups excluding carboxylic acids is 1. The lowest BCUT2D eigenvalue weighted by Crippen LogP contribution is -2.05. The molecule has 0 aliphatic heterocycles. The third kappa shape index (κ3) is 3.39. The van der Waals surface area contributed by atoms with Crippen LogP contribution in [-0.2, 0) is 6.42 Å². The second-order valence-corrected chi connectivity index (χ2v) is 7.18. The Morgan fingerprint density at radius 2 is 1.93 bits per heavy atom. The van der Waals surface area contributed by atoms with Crippen LogP contribution in [0.15, 0.2) is 63.1 Å². The second-order valence-electron chi connectivity index (χ2n) is 6.32. The van der Waals surface area contributed by atoms with E-state index in [4.69, 9.17) is 10.2 Å². The summed E-state index contributed by atoms with van der Waals surface area (Å²) in [5.74, 6) is 0.276. The summed E-state index contributed by atoms with van der Waals surface area (Å²) in [6.45, 7) is 1.87. The van der Waals surface area contributed by atoms with Gasteiger partial charge in [-0.05, 0) is 35.6 Å². The molecule has 0 aliphatic rings. The summed E-state index contributed by atoms with van der Waals surface area (Å²) in [6, 6.07) is 14.1. The molecule has 27 heavy (non-hydrogen) atoms. The van der Waals surface area contributed by atoms with Crippen molar-refractivity contribution in [3.63, 3.8) is 0 Å². The lowest BCUT2D eigenvalue weighted by molar-refractivity contribution is 0.103. The molecule has 0 aliphatic carbocycles. The van der Waals surface area contributed by atoms with Gasteiger partial charge in [-0.1, -0.05) is 36.4 Å². The van der Waals surface area contributed by atoms with Crippen molar-refractivity contribution < 1.29 is 9.21 Å². The Kier molecular flexibility index (Phi) is 4.33. The van der Waals surface area contributed by atoms with Gasteiger partial charge < -0.3 is 10.2 Å². The van der Waals surface area contributed by atoms with E-state index in [2.05, 4.69) is 4.98 Å². The Morgan fingerprint density at radius 1 is 1.15 bits per heavy atom. The van der Waals surface area contributed by atoms with Crippen molar-refractivity contribution >= 4 is 33.0 Å². The molecule has 0 unspecified atom stereocenters. The van der Waals surface area contributed by atoms with Crippen molar-refractivity contribution in [2.75, 3.05) is 5.73 Å². The van der Waals surface area contributed by atoms with Gasteiger partial charge in [0.15, 0.2) is 5.78 Å². The van der Waals surface area contributed by atoms with Crippen molar-refractivity contribution in [3.05, 3.63) is 92.5 Å². The zero-order chi connectivity index (χ0) is 19.0. The lowest BCUT2D eigenvalue weighted by Gasteiger charge is -2.04. The van der Waals surface area contributed by atoms with Gasteiger partial charge in [0, 0.05) is 23.2 Å². The van der Waals surface area contributed by atoms with Crippen LogP contribution in [0.4, 0.5) is 5.69 Å². The van der Waals surface area contributed by atoms with Crippen LogP contribution < -0.4 is 11.4 Å². The maximum absolute atomic E-state index is 12.5. The molecule has 134 valence electrons. The number of hydrogen-bond acceptors (Lipinski definition) is 6. The summed E-state index contributed by atoms with van der Waals surface area (Å²) in [6.07, 6.45) is 0.384. The van der Waals surface area contributed by atoms with E-state index in [-0.39, 0.29) is 11.4 Å². The Labute approximate surface area is 159 Å². The zero-order valence-corrected chi connectivity index (χ0v) is 15.4. The molecule has 0 atom stereocenters. The Hall–Kier alpha value is -3.25. The zero-order valence-electron chi connectivity index (χ0n) is 14.6. The van der Waals surface area contributed by atoms with Gasteiger partial charge >= 0.3 is 5.63 Å². The molecule has 2 N–H and O–H groups in total. The smallest absolute Gasteiger partial charge is 0.348 e. The molecule has 0 radical (unpaired) electrons. The number of carbonyl (C=O) groups is 1. The van der Waals surface area contributed by atoms with Crippen molar-refractivity contribution in [2.45, 2.75) is 13.3 Å². The van der Waals surface area contributed by atoms with Crippen LogP contribution in [0.3, 0.4) is 0 Å².